The van der Waals surface area contributed by atoms with Gasteiger partial charge in [-0.3, -0.25) is 0 Å². The van der Waals surface area contributed by atoms with Crippen molar-refractivity contribution in [2.24, 2.45) is 0 Å². The van der Waals surface area contributed by atoms with E-state index in [2.05, 4.69) is 21.8 Å². The monoisotopic (exact) mass is 246 g/mol. The highest BCUT2D eigenvalue weighted by Crippen LogP contribution is 2.24. The van der Waals surface area contributed by atoms with E-state index >= 15 is 0 Å². The number of nitrogens with two attached hydrogens (primary N) is 1. The molecule has 0 aliphatic rings. The molecule has 0 aliphatic carbocycles. The second-order valence-corrected chi connectivity index (χ2v) is 4.34. The lowest BCUT2D eigenvalue weighted by atomic mass is 10.2. The molecule has 1 unspecified atom stereocenters. The number of anilines is 2. The minimum absolute atomic E-state index is 0.215. The average Bonchev–Trinajstić information content (AvgIpc) is 2.37. The van der Waals surface area contributed by atoms with Crippen molar-refractivity contribution >= 4 is 22.7 Å². The SMILES string of the molecule is COCC(C)N(C)c1nc(N)nc2ccccc12. The molecule has 2 rings (SSSR count). The number of hydrogen-bond acceptors (Lipinski definition) is 5. The van der Waals surface area contributed by atoms with Crippen molar-refractivity contribution in [3.05, 3.63) is 24.3 Å². The van der Waals surface area contributed by atoms with Crippen molar-refractivity contribution in [1.82, 2.24) is 9.97 Å². The smallest absolute Gasteiger partial charge is 0.222 e. The van der Waals surface area contributed by atoms with Gasteiger partial charge < -0.3 is 15.4 Å². The van der Waals surface area contributed by atoms with Crippen molar-refractivity contribution in [2.45, 2.75) is 13.0 Å². The van der Waals surface area contributed by atoms with Crippen LogP contribution in [0.3, 0.4) is 0 Å². The van der Waals surface area contributed by atoms with Crippen LogP contribution in [0.5, 0.6) is 0 Å². The predicted octanol–water partition coefficient (Wildman–Crippen LogP) is 1.68. The molecule has 0 spiro atoms. The van der Waals surface area contributed by atoms with Gasteiger partial charge in [-0.25, -0.2) is 4.98 Å². The zero-order valence-electron chi connectivity index (χ0n) is 10.9. The van der Waals surface area contributed by atoms with Crippen molar-refractivity contribution < 1.29 is 4.74 Å². The minimum Gasteiger partial charge on any atom is -0.383 e. The summed E-state index contributed by atoms with van der Waals surface area (Å²) in [5, 5.41) is 0.997. The summed E-state index contributed by atoms with van der Waals surface area (Å²) in [5.41, 5.74) is 6.61. The Morgan fingerprint density at radius 1 is 1.33 bits per heavy atom. The first-order chi connectivity index (χ1) is 8.63. The fourth-order valence-corrected chi connectivity index (χ4v) is 1.91. The number of hydrogen-bond donors (Lipinski definition) is 1. The minimum atomic E-state index is 0.215. The Morgan fingerprint density at radius 3 is 2.78 bits per heavy atom. The number of aromatic nitrogens is 2. The second-order valence-electron chi connectivity index (χ2n) is 4.34. The van der Waals surface area contributed by atoms with Crippen LogP contribution < -0.4 is 10.6 Å². The molecule has 0 saturated carbocycles. The summed E-state index contributed by atoms with van der Waals surface area (Å²) in [6, 6.07) is 8.07. The third kappa shape index (κ3) is 2.36. The lowest BCUT2D eigenvalue weighted by molar-refractivity contribution is 0.183. The van der Waals surface area contributed by atoms with Crippen LogP contribution in [0.15, 0.2) is 24.3 Å². The van der Waals surface area contributed by atoms with Gasteiger partial charge >= 0.3 is 0 Å². The molecule has 1 aromatic heterocycles. The summed E-state index contributed by atoms with van der Waals surface area (Å²) < 4.78 is 5.17. The summed E-state index contributed by atoms with van der Waals surface area (Å²) in [4.78, 5) is 10.6. The Hall–Kier alpha value is -1.88. The molecule has 1 aromatic carbocycles. The van der Waals surface area contributed by atoms with E-state index in [1.807, 2.05) is 31.3 Å². The van der Waals surface area contributed by atoms with Gasteiger partial charge in [0.2, 0.25) is 5.95 Å². The Kier molecular flexibility index (Phi) is 3.62. The van der Waals surface area contributed by atoms with E-state index in [9.17, 15) is 0 Å². The molecule has 0 fully saturated rings. The Labute approximate surface area is 107 Å². The number of benzene rings is 1. The molecule has 0 bridgehead atoms. The van der Waals surface area contributed by atoms with Crippen LogP contribution in [0.1, 0.15) is 6.92 Å². The maximum atomic E-state index is 5.76. The number of rotatable bonds is 4. The normalized spacial score (nSPS) is 12.6. The first kappa shape index (κ1) is 12.6. The van der Waals surface area contributed by atoms with Gasteiger partial charge in [0, 0.05) is 19.5 Å². The third-order valence-electron chi connectivity index (χ3n) is 3.00. The van der Waals surface area contributed by atoms with Gasteiger partial charge in [-0.1, -0.05) is 12.1 Å². The molecule has 0 amide bonds. The van der Waals surface area contributed by atoms with Crippen LogP contribution in [-0.2, 0) is 4.74 Å². The summed E-state index contributed by atoms with van der Waals surface area (Å²) in [5.74, 6) is 1.13. The number of likely N-dealkylation sites (N-methyl/N-ethyl adjacent to an activating group) is 1. The molecule has 5 heteroatoms. The number of fused-ring (bicyclic) bond motifs is 1. The van der Waals surface area contributed by atoms with Gasteiger partial charge in [0.05, 0.1) is 18.2 Å². The third-order valence-corrected chi connectivity index (χ3v) is 3.00. The van der Waals surface area contributed by atoms with Crippen LogP contribution in [-0.4, -0.2) is 36.8 Å². The van der Waals surface area contributed by atoms with Crippen molar-refractivity contribution in [3.8, 4) is 0 Å². The van der Waals surface area contributed by atoms with E-state index in [-0.39, 0.29) is 6.04 Å². The molecule has 1 heterocycles. The molecule has 2 N–H and O–H groups in total. The Balaban J connectivity index is 2.49. The fourth-order valence-electron chi connectivity index (χ4n) is 1.91. The number of nitrogens with zero attached hydrogens (tertiary/aromatic N) is 3. The predicted molar refractivity (Wildman–Crippen MR) is 73.7 cm³/mol. The van der Waals surface area contributed by atoms with E-state index in [4.69, 9.17) is 10.5 Å². The number of nitrogen functional groups attached to an aromatic ring is 1. The molecular formula is C13H18N4O. The first-order valence-electron chi connectivity index (χ1n) is 5.87. The Morgan fingerprint density at radius 2 is 2.06 bits per heavy atom. The lowest BCUT2D eigenvalue weighted by Gasteiger charge is -2.26. The quantitative estimate of drug-likeness (QED) is 0.889. The van der Waals surface area contributed by atoms with Crippen LogP contribution in [0, 0.1) is 0 Å². The topological polar surface area (TPSA) is 64.3 Å². The molecule has 18 heavy (non-hydrogen) atoms. The lowest BCUT2D eigenvalue weighted by Crippen LogP contribution is -2.33. The van der Waals surface area contributed by atoms with Gasteiger partial charge in [0.25, 0.3) is 0 Å². The van der Waals surface area contributed by atoms with E-state index in [1.165, 1.54) is 0 Å². The fraction of sp³-hybridized carbons (Fsp3) is 0.385. The van der Waals surface area contributed by atoms with Gasteiger partial charge in [-0.05, 0) is 19.1 Å². The molecule has 0 aliphatic heterocycles. The highest BCUT2D eigenvalue weighted by Gasteiger charge is 2.15. The zero-order chi connectivity index (χ0) is 13.1. The maximum Gasteiger partial charge on any atom is 0.222 e. The van der Waals surface area contributed by atoms with Crippen LogP contribution >= 0.6 is 0 Å². The largest absolute Gasteiger partial charge is 0.383 e. The van der Waals surface area contributed by atoms with Crippen LogP contribution in [0.4, 0.5) is 11.8 Å². The molecule has 1 atom stereocenters. The van der Waals surface area contributed by atoms with E-state index < -0.39 is 0 Å². The maximum absolute atomic E-state index is 5.76. The first-order valence-corrected chi connectivity index (χ1v) is 5.87. The molecule has 0 saturated heterocycles. The highest BCUT2D eigenvalue weighted by atomic mass is 16.5. The second kappa shape index (κ2) is 5.18. The molecule has 96 valence electrons. The molecule has 0 radical (unpaired) electrons. The summed E-state index contributed by atoms with van der Waals surface area (Å²) in [7, 11) is 3.68. The van der Waals surface area contributed by atoms with Gasteiger partial charge in [0.1, 0.15) is 5.82 Å². The van der Waals surface area contributed by atoms with Crippen LogP contribution in [0.25, 0.3) is 10.9 Å². The zero-order valence-corrected chi connectivity index (χ0v) is 10.9. The van der Waals surface area contributed by atoms with E-state index in [0.717, 1.165) is 16.7 Å². The average molecular weight is 246 g/mol. The summed E-state index contributed by atoms with van der Waals surface area (Å²) in [6.07, 6.45) is 0. The number of methoxy groups -OCH3 is 1. The van der Waals surface area contributed by atoms with Gasteiger partial charge in [0.15, 0.2) is 0 Å². The summed E-state index contributed by atoms with van der Waals surface area (Å²) >= 11 is 0. The summed E-state index contributed by atoms with van der Waals surface area (Å²) in [6.45, 7) is 2.71. The standard InChI is InChI=1S/C13H18N4O/c1-9(8-18-3)17(2)12-10-6-4-5-7-11(10)15-13(14)16-12/h4-7,9H,8H2,1-3H3,(H2,14,15,16). The number of ether oxygens (including phenoxy) is 1. The highest BCUT2D eigenvalue weighted by molar-refractivity contribution is 5.90. The molecule has 2 aromatic rings. The Bertz CT molecular complexity index is 544. The van der Waals surface area contributed by atoms with Crippen molar-refractivity contribution in [1.29, 1.82) is 0 Å². The van der Waals surface area contributed by atoms with Crippen molar-refractivity contribution in [2.75, 3.05) is 31.4 Å². The van der Waals surface area contributed by atoms with E-state index in [0.29, 0.717) is 12.6 Å². The van der Waals surface area contributed by atoms with Crippen LogP contribution in [0.2, 0.25) is 0 Å². The number of para-hydroxylation sites is 1. The van der Waals surface area contributed by atoms with Gasteiger partial charge in [-0.15, -0.1) is 0 Å². The van der Waals surface area contributed by atoms with Gasteiger partial charge in [-0.2, -0.15) is 4.98 Å². The molecule has 5 nitrogen and oxygen atoms in total. The van der Waals surface area contributed by atoms with Crippen molar-refractivity contribution in [3.63, 3.8) is 0 Å². The molecular weight excluding hydrogens is 228 g/mol. The van der Waals surface area contributed by atoms with E-state index in [1.54, 1.807) is 7.11 Å².